The average Bonchev–Trinajstić information content (AvgIpc) is 3.07. The number of H-pyrrole nitrogens is 2. The zero-order valence-electron chi connectivity index (χ0n) is 11.7. The van der Waals surface area contributed by atoms with Gasteiger partial charge in [0.15, 0.2) is 0 Å². The first kappa shape index (κ1) is 14.5. The SMILES string of the molecule is Fc1cc2c(Cc3c[nH]c4cc(Cl)c(F)cc34)c[nH]c2cc1Cl. The van der Waals surface area contributed by atoms with Crippen LogP contribution in [0.2, 0.25) is 10.0 Å². The summed E-state index contributed by atoms with van der Waals surface area (Å²) in [5.41, 5.74) is 3.35. The Balaban J connectivity index is 1.82. The maximum absolute atomic E-state index is 13.7. The minimum absolute atomic E-state index is 0.0784. The largest absolute Gasteiger partial charge is 0.361 e. The van der Waals surface area contributed by atoms with Crippen molar-refractivity contribution < 1.29 is 8.78 Å². The van der Waals surface area contributed by atoms with E-state index in [4.69, 9.17) is 23.2 Å². The van der Waals surface area contributed by atoms with Gasteiger partial charge >= 0.3 is 0 Å². The maximum atomic E-state index is 13.7. The van der Waals surface area contributed by atoms with Crippen molar-refractivity contribution in [3.8, 4) is 0 Å². The number of hydrogen-bond donors (Lipinski definition) is 2. The molecular weight excluding hydrogens is 341 g/mol. The van der Waals surface area contributed by atoms with Gasteiger partial charge in [0, 0.05) is 40.6 Å². The van der Waals surface area contributed by atoms with Crippen LogP contribution in [0.25, 0.3) is 21.8 Å². The summed E-state index contributed by atoms with van der Waals surface area (Å²) >= 11 is 11.6. The second-order valence-electron chi connectivity index (χ2n) is 5.43. The van der Waals surface area contributed by atoms with Crippen LogP contribution < -0.4 is 0 Å². The summed E-state index contributed by atoms with van der Waals surface area (Å²) in [6.07, 6.45) is 4.15. The number of rotatable bonds is 2. The van der Waals surface area contributed by atoms with Crippen molar-refractivity contribution in [2.45, 2.75) is 6.42 Å². The molecule has 0 bridgehead atoms. The monoisotopic (exact) mass is 350 g/mol. The quantitative estimate of drug-likeness (QED) is 0.456. The Labute approximate surface area is 140 Å². The van der Waals surface area contributed by atoms with Crippen molar-refractivity contribution in [1.29, 1.82) is 0 Å². The summed E-state index contributed by atoms with van der Waals surface area (Å²) in [4.78, 5) is 6.16. The molecule has 2 aromatic carbocycles. The third kappa shape index (κ3) is 2.38. The van der Waals surface area contributed by atoms with E-state index in [0.717, 1.165) is 32.9 Å². The molecule has 4 aromatic rings. The zero-order chi connectivity index (χ0) is 16.1. The van der Waals surface area contributed by atoms with E-state index in [1.165, 1.54) is 12.1 Å². The van der Waals surface area contributed by atoms with Gasteiger partial charge in [0.1, 0.15) is 11.6 Å². The lowest BCUT2D eigenvalue weighted by molar-refractivity contribution is 0.630. The predicted molar refractivity (Wildman–Crippen MR) is 89.3 cm³/mol. The molecule has 0 unspecified atom stereocenters. The summed E-state index contributed by atoms with van der Waals surface area (Å²) in [5, 5.41) is 1.68. The van der Waals surface area contributed by atoms with Crippen molar-refractivity contribution in [1.82, 2.24) is 9.97 Å². The molecule has 4 rings (SSSR count). The van der Waals surface area contributed by atoms with E-state index < -0.39 is 11.6 Å². The van der Waals surface area contributed by atoms with Crippen molar-refractivity contribution in [2.75, 3.05) is 0 Å². The van der Waals surface area contributed by atoms with Crippen LogP contribution in [-0.4, -0.2) is 9.97 Å². The lowest BCUT2D eigenvalue weighted by Crippen LogP contribution is -1.87. The van der Waals surface area contributed by atoms with Gasteiger partial charge in [-0.1, -0.05) is 23.2 Å². The van der Waals surface area contributed by atoms with E-state index in [0.29, 0.717) is 6.42 Å². The Morgan fingerprint density at radius 3 is 1.61 bits per heavy atom. The minimum Gasteiger partial charge on any atom is -0.361 e. The molecule has 0 atom stereocenters. The third-order valence-electron chi connectivity index (χ3n) is 4.00. The Bertz CT molecular complexity index is 966. The van der Waals surface area contributed by atoms with E-state index in [1.54, 1.807) is 12.1 Å². The van der Waals surface area contributed by atoms with Crippen LogP contribution in [0.15, 0.2) is 36.7 Å². The smallest absolute Gasteiger partial charge is 0.142 e. The Hall–Kier alpha value is -2.04. The molecule has 2 N–H and O–H groups in total. The van der Waals surface area contributed by atoms with E-state index in [1.807, 2.05) is 12.4 Å². The molecule has 0 saturated heterocycles. The van der Waals surface area contributed by atoms with Gasteiger partial charge in [0.2, 0.25) is 0 Å². The first-order chi connectivity index (χ1) is 11.0. The van der Waals surface area contributed by atoms with Crippen LogP contribution in [0.3, 0.4) is 0 Å². The van der Waals surface area contributed by atoms with Crippen molar-refractivity contribution in [2.24, 2.45) is 0 Å². The molecule has 0 aliphatic rings. The second kappa shape index (κ2) is 5.25. The van der Waals surface area contributed by atoms with Gasteiger partial charge in [0.25, 0.3) is 0 Å². The van der Waals surface area contributed by atoms with Gasteiger partial charge in [-0.25, -0.2) is 8.78 Å². The minimum atomic E-state index is -0.461. The fourth-order valence-corrected chi connectivity index (χ4v) is 3.17. The third-order valence-corrected chi connectivity index (χ3v) is 4.58. The van der Waals surface area contributed by atoms with Gasteiger partial charge in [0.05, 0.1) is 10.0 Å². The zero-order valence-corrected chi connectivity index (χ0v) is 13.2. The molecule has 0 aliphatic carbocycles. The van der Waals surface area contributed by atoms with E-state index >= 15 is 0 Å². The highest BCUT2D eigenvalue weighted by Gasteiger charge is 2.13. The molecule has 23 heavy (non-hydrogen) atoms. The number of aromatic amines is 2. The molecule has 2 nitrogen and oxygen atoms in total. The number of hydrogen-bond acceptors (Lipinski definition) is 0. The van der Waals surface area contributed by atoms with Gasteiger partial charge in [-0.05, 0) is 35.4 Å². The lowest BCUT2D eigenvalue weighted by atomic mass is 10.0. The first-order valence-corrected chi connectivity index (χ1v) is 7.68. The molecule has 0 aliphatic heterocycles. The summed E-state index contributed by atoms with van der Waals surface area (Å²) < 4.78 is 27.4. The van der Waals surface area contributed by atoms with E-state index in [9.17, 15) is 8.78 Å². The highest BCUT2D eigenvalue weighted by Crippen LogP contribution is 2.30. The van der Waals surface area contributed by atoms with E-state index in [-0.39, 0.29) is 10.0 Å². The molecule has 0 saturated carbocycles. The highest BCUT2D eigenvalue weighted by molar-refractivity contribution is 6.31. The van der Waals surface area contributed by atoms with Crippen molar-refractivity contribution in [3.05, 3.63) is 69.5 Å². The van der Waals surface area contributed by atoms with E-state index in [2.05, 4.69) is 9.97 Å². The summed E-state index contributed by atoms with van der Waals surface area (Å²) in [5.74, 6) is -0.923. The number of benzene rings is 2. The molecule has 0 spiro atoms. The Kier molecular flexibility index (Phi) is 3.32. The average molecular weight is 351 g/mol. The topological polar surface area (TPSA) is 31.6 Å². The number of aromatic nitrogens is 2. The van der Waals surface area contributed by atoms with Gasteiger partial charge in [-0.3, -0.25) is 0 Å². The fraction of sp³-hybridized carbons (Fsp3) is 0.0588. The highest BCUT2D eigenvalue weighted by atomic mass is 35.5. The normalized spacial score (nSPS) is 11.7. The molecule has 0 fully saturated rings. The first-order valence-electron chi connectivity index (χ1n) is 6.93. The second-order valence-corrected chi connectivity index (χ2v) is 6.24. The predicted octanol–water partition coefficient (Wildman–Crippen LogP) is 5.83. The molecular formula is C17H10Cl2F2N2. The van der Waals surface area contributed by atoms with Crippen LogP contribution in [0.1, 0.15) is 11.1 Å². The van der Waals surface area contributed by atoms with Gasteiger partial charge < -0.3 is 9.97 Å². The lowest BCUT2D eigenvalue weighted by Gasteiger charge is -2.01. The number of nitrogens with one attached hydrogen (secondary N) is 2. The maximum Gasteiger partial charge on any atom is 0.142 e. The summed E-state index contributed by atoms with van der Waals surface area (Å²) in [6, 6.07) is 5.94. The summed E-state index contributed by atoms with van der Waals surface area (Å²) in [7, 11) is 0. The molecule has 116 valence electrons. The Morgan fingerprint density at radius 2 is 1.17 bits per heavy atom. The molecule has 0 radical (unpaired) electrons. The standard InChI is InChI=1S/C17H10Cl2F2N2/c18-12-4-16-10(2-14(12)20)8(6-22-16)1-9-7-23-17-5-13(19)15(21)3-11(9)17/h2-7,22-23H,1H2. The van der Waals surface area contributed by atoms with Crippen molar-refractivity contribution in [3.63, 3.8) is 0 Å². The molecule has 2 heterocycles. The fourth-order valence-electron chi connectivity index (χ4n) is 2.85. The van der Waals surface area contributed by atoms with Gasteiger partial charge in [-0.15, -0.1) is 0 Å². The van der Waals surface area contributed by atoms with Crippen LogP contribution in [0.5, 0.6) is 0 Å². The molecule has 2 aromatic heterocycles. The van der Waals surface area contributed by atoms with Crippen LogP contribution in [0, 0.1) is 11.6 Å². The van der Waals surface area contributed by atoms with Crippen LogP contribution >= 0.6 is 23.2 Å². The number of fused-ring (bicyclic) bond motifs is 2. The van der Waals surface area contributed by atoms with Crippen LogP contribution in [0.4, 0.5) is 8.78 Å². The number of halogens is 4. The van der Waals surface area contributed by atoms with Crippen LogP contribution in [-0.2, 0) is 6.42 Å². The van der Waals surface area contributed by atoms with Gasteiger partial charge in [-0.2, -0.15) is 0 Å². The van der Waals surface area contributed by atoms with Crippen molar-refractivity contribution >= 4 is 45.0 Å². The molecule has 6 heteroatoms. The Morgan fingerprint density at radius 1 is 0.739 bits per heavy atom. The molecule has 0 amide bonds. The summed E-state index contributed by atoms with van der Waals surface area (Å²) in [6.45, 7) is 0.